The van der Waals surface area contributed by atoms with Gasteiger partial charge in [0.05, 0.1) is 0 Å². The summed E-state index contributed by atoms with van der Waals surface area (Å²) in [6.45, 7) is 23.8. The first kappa shape index (κ1) is 31.2. The molecule has 0 saturated carbocycles. The van der Waals surface area contributed by atoms with Gasteiger partial charge in [-0.25, -0.2) is 0 Å². The Labute approximate surface area is 223 Å². The van der Waals surface area contributed by atoms with Gasteiger partial charge in [0.15, 0.2) is 0 Å². The van der Waals surface area contributed by atoms with Crippen LogP contribution in [0.25, 0.3) is 5.57 Å². The Balaban J connectivity index is 0.000000710. The van der Waals surface area contributed by atoms with Crippen molar-refractivity contribution in [2.24, 2.45) is 0 Å². The Hall–Kier alpha value is -2.86. The van der Waals surface area contributed by atoms with Crippen LogP contribution in [0.15, 0.2) is 113 Å². The van der Waals surface area contributed by atoms with Crippen molar-refractivity contribution in [3.8, 4) is 0 Å². The van der Waals surface area contributed by atoms with Crippen LogP contribution in [-0.2, 0) is 0 Å². The van der Waals surface area contributed by atoms with Crippen molar-refractivity contribution >= 4 is 5.57 Å². The maximum atomic E-state index is 4.52. The summed E-state index contributed by atoms with van der Waals surface area (Å²) in [6, 6.07) is 8.53. The van der Waals surface area contributed by atoms with Gasteiger partial charge in [0.2, 0.25) is 0 Å². The van der Waals surface area contributed by atoms with Gasteiger partial charge in [-0.05, 0) is 76.8 Å². The van der Waals surface area contributed by atoms with Crippen LogP contribution in [0.2, 0.25) is 0 Å². The average molecular weight is 483 g/mol. The number of unbranched alkanes of at least 4 members (excludes halogenated alkanes) is 3. The van der Waals surface area contributed by atoms with Gasteiger partial charge in [-0.15, -0.1) is 0 Å². The molecule has 0 radical (unpaired) electrons. The van der Waals surface area contributed by atoms with Crippen molar-refractivity contribution in [3.05, 3.63) is 125 Å². The molecule has 0 unspecified atom stereocenters. The van der Waals surface area contributed by atoms with E-state index in [0.29, 0.717) is 0 Å². The zero-order chi connectivity index (χ0) is 26.9. The first-order valence-corrected chi connectivity index (χ1v) is 14.1. The minimum absolute atomic E-state index is 0.914. The molecule has 0 heteroatoms. The van der Waals surface area contributed by atoms with E-state index in [2.05, 4.69) is 115 Å². The summed E-state index contributed by atoms with van der Waals surface area (Å²) in [6.07, 6.45) is 24.0. The summed E-state index contributed by atoms with van der Waals surface area (Å²) in [5, 5.41) is 0. The first-order chi connectivity index (χ1) is 17.5. The number of hydrogen-bond acceptors (Lipinski definition) is 0. The molecule has 2 aliphatic rings. The molecule has 2 bridgehead atoms. The standard InChI is InChI=1S/C28H30.C6H14.C2H6/c1-6-12-20(3)26-17-18-28(24-15-10-9-14-23(26)19-24)22(5)25(7-2)27-16-11-8-13-21(27)4;1-3-5-6-4-2;1-2/h7-11,13-18H,3,5-6,12,19H2,1-2,4H3;3-6H2,1-2H3;1-2H3/b25-7-;;. The number of aryl methyl sites for hydroxylation is 1. The second-order valence-corrected chi connectivity index (χ2v) is 9.16. The van der Waals surface area contributed by atoms with E-state index < -0.39 is 0 Å². The van der Waals surface area contributed by atoms with Crippen molar-refractivity contribution < 1.29 is 0 Å². The third-order valence-corrected chi connectivity index (χ3v) is 6.46. The van der Waals surface area contributed by atoms with Gasteiger partial charge in [-0.1, -0.05) is 147 Å². The minimum atomic E-state index is 0.914. The molecular formula is C36H50. The average Bonchev–Trinajstić information content (AvgIpc) is 3.25. The van der Waals surface area contributed by atoms with Gasteiger partial charge in [-0.2, -0.15) is 0 Å². The zero-order valence-corrected chi connectivity index (χ0v) is 24.2. The summed E-state index contributed by atoms with van der Waals surface area (Å²) in [5.41, 5.74) is 11.2. The number of rotatable bonds is 9. The molecule has 0 N–H and O–H groups in total. The van der Waals surface area contributed by atoms with Crippen LogP contribution in [0, 0.1) is 6.92 Å². The SMILES string of the molecule is C=C(CCC)C1=CC=C(C(=C)/C(=C/C)c2ccccc2C)C2=CC=CC=C1C2.CC.CCCCCC. The van der Waals surface area contributed by atoms with Crippen molar-refractivity contribution in [1.29, 1.82) is 0 Å². The molecule has 0 aromatic heterocycles. The van der Waals surface area contributed by atoms with Crippen LogP contribution in [0.3, 0.4) is 0 Å². The molecule has 0 spiro atoms. The van der Waals surface area contributed by atoms with Gasteiger partial charge in [0.1, 0.15) is 0 Å². The minimum Gasteiger partial charge on any atom is -0.0952 e. The lowest BCUT2D eigenvalue weighted by Crippen LogP contribution is -1.99. The Morgan fingerprint density at radius 3 is 1.89 bits per heavy atom. The van der Waals surface area contributed by atoms with E-state index in [1.165, 1.54) is 70.2 Å². The van der Waals surface area contributed by atoms with Crippen LogP contribution in [0.1, 0.15) is 97.6 Å². The second-order valence-electron chi connectivity index (χ2n) is 9.16. The molecule has 0 fully saturated rings. The maximum absolute atomic E-state index is 4.52. The summed E-state index contributed by atoms with van der Waals surface area (Å²) in [4.78, 5) is 0. The normalized spacial score (nSPS) is 14.4. The van der Waals surface area contributed by atoms with Crippen LogP contribution in [0.4, 0.5) is 0 Å². The summed E-state index contributed by atoms with van der Waals surface area (Å²) in [7, 11) is 0. The highest BCUT2D eigenvalue weighted by Gasteiger charge is 2.20. The number of fused-ring (bicyclic) bond motifs is 2. The van der Waals surface area contributed by atoms with Crippen molar-refractivity contribution in [1.82, 2.24) is 0 Å². The number of allylic oxidation sites excluding steroid dienone is 14. The lowest BCUT2D eigenvalue weighted by Gasteiger charge is -2.18. The molecule has 36 heavy (non-hydrogen) atoms. The Bertz CT molecular complexity index is 1040. The van der Waals surface area contributed by atoms with Crippen LogP contribution in [-0.4, -0.2) is 0 Å². The Morgan fingerprint density at radius 2 is 1.36 bits per heavy atom. The highest BCUT2D eigenvalue weighted by molar-refractivity contribution is 5.86. The lowest BCUT2D eigenvalue weighted by atomic mass is 9.85. The van der Waals surface area contributed by atoms with Gasteiger partial charge in [0.25, 0.3) is 0 Å². The monoisotopic (exact) mass is 482 g/mol. The van der Waals surface area contributed by atoms with E-state index in [1.54, 1.807) is 0 Å². The molecule has 194 valence electrons. The van der Waals surface area contributed by atoms with E-state index in [-0.39, 0.29) is 0 Å². The smallest absolute Gasteiger partial charge is 0.00136 e. The van der Waals surface area contributed by atoms with Gasteiger partial charge < -0.3 is 0 Å². The predicted molar refractivity (Wildman–Crippen MR) is 165 cm³/mol. The lowest BCUT2D eigenvalue weighted by molar-refractivity contribution is 0.702. The fraction of sp³-hybridized carbons (Fsp3) is 0.389. The second kappa shape index (κ2) is 17.6. The molecule has 0 amide bonds. The Morgan fingerprint density at radius 1 is 0.806 bits per heavy atom. The molecule has 1 aromatic carbocycles. The fourth-order valence-electron chi connectivity index (χ4n) is 4.51. The molecule has 1 aromatic rings. The van der Waals surface area contributed by atoms with Crippen LogP contribution < -0.4 is 0 Å². The van der Waals surface area contributed by atoms with Crippen LogP contribution in [0.5, 0.6) is 0 Å². The summed E-state index contributed by atoms with van der Waals surface area (Å²) < 4.78 is 0. The fourth-order valence-corrected chi connectivity index (χ4v) is 4.51. The molecule has 0 atom stereocenters. The van der Waals surface area contributed by atoms with E-state index in [9.17, 15) is 0 Å². The van der Waals surface area contributed by atoms with Crippen molar-refractivity contribution in [3.63, 3.8) is 0 Å². The molecule has 2 aliphatic carbocycles. The molecule has 0 heterocycles. The van der Waals surface area contributed by atoms with Crippen molar-refractivity contribution in [2.45, 2.75) is 93.4 Å². The third kappa shape index (κ3) is 8.98. The highest BCUT2D eigenvalue weighted by Crippen LogP contribution is 2.40. The van der Waals surface area contributed by atoms with E-state index >= 15 is 0 Å². The maximum Gasteiger partial charge on any atom is -0.00136 e. The third-order valence-electron chi connectivity index (χ3n) is 6.46. The van der Waals surface area contributed by atoms with Crippen molar-refractivity contribution in [2.75, 3.05) is 0 Å². The molecule has 0 aliphatic heterocycles. The first-order valence-electron chi connectivity index (χ1n) is 14.1. The molecule has 0 nitrogen and oxygen atoms in total. The predicted octanol–water partition coefficient (Wildman–Crippen LogP) is 11.6. The number of hydrogen-bond donors (Lipinski definition) is 0. The van der Waals surface area contributed by atoms with Gasteiger partial charge in [-0.3, -0.25) is 0 Å². The quantitative estimate of drug-likeness (QED) is 0.242. The van der Waals surface area contributed by atoms with E-state index in [4.69, 9.17) is 0 Å². The topological polar surface area (TPSA) is 0 Å². The highest BCUT2D eigenvalue weighted by atomic mass is 14.2. The van der Waals surface area contributed by atoms with Gasteiger partial charge in [0, 0.05) is 0 Å². The number of benzene rings is 1. The van der Waals surface area contributed by atoms with Gasteiger partial charge >= 0.3 is 0 Å². The molecular weight excluding hydrogens is 432 g/mol. The zero-order valence-electron chi connectivity index (χ0n) is 24.2. The van der Waals surface area contributed by atoms with E-state index in [0.717, 1.165) is 24.8 Å². The summed E-state index contributed by atoms with van der Waals surface area (Å²) in [5.74, 6) is 0. The summed E-state index contributed by atoms with van der Waals surface area (Å²) >= 11 is 0. The van der Waals surface area contributed by atoms with Crippen LogP contribution >= 0.6 is 0 Å². The van der Waals surface area contributed by atoms with E-state index in [1.807, 2.05) is 13.8 Å². The largest absolute Gasteiger partial charge is 0.0952 e. The molecule has 3 rings (SSSR count). The Kier molecular flexibility index (Phi) is 15.2. The molecule has 0 saturated heterocycles.